The van der Waals surface area contributed by atoms with Crippen molar-refractivity contribution in [1.82, 2.24) is 10.1 Å². The van der Waals surface area contributed by atoms with Gasteiger partial charge in [-0.3, -0.25) is 4.79 Å². The van der Waals surface area contributed by atoms with Gasteiger partial charge in [0.15, 0.2) is 5.82 Å². The van der Waals surface area contributed by atoms with Crippen LogP contribution in [0.3, 0.4) is 0 Å². The Morgan fingerprint density at radius 1 is 1.24 bits per heavy atom. The lowest BCUT2D eigenvalue weighted by molar-refractivity contribution is -0.119. The van der Waals surface area contributed by atoms with Gasteiger partial charge in [0.05, 0.1) is 6.42 Å². The van der Waals surface area contributed by atoms with Gasteiger partial charge in [-0.25, -0.2) is 0 Å². The lowest BCUT2D eigenvalue weighted by Gasteiger charge is -2.02. The zero-order chi connectivity index (χ0) is 15.4. The highest BCUT2D eigenvalue weighted by Gasteiger charge is 2.13. The van der Waals surface area contributed by atoms with E-state index in [1.165, 1.54) is 11.1 Å². The van der Waals surface area contributed by atoms with Crippen LogP contribution >= 0.6 is 0 Å². The monoisotopic (exact) mass is 286 g/mol. The molecule has 0 saturated heterocycles. The second kappa shape index (κ2) is 6.66. The fourth-order valence-electron chi connectivity index (χ4n) is 2.23. The lowest BCUT2D eigenvalue weighted by atomic mass is 10.0. The van der Waals surface area contributed by atoms with Crippen LogP contribution in [0.2, 0.25) is 0 Å². The van der Waals surface area contributed by atoms with Gasteiger partial charge in [0, 0.05) is 12.8 Å². The number of carbonyl (C=O) groups is 1. The van der Waals surface area contributed by atoms with Crippen LogP contribution in [0, 0.1) is 19.8 Å². The number of hydrogen-bond donors (Lipinski definition) is 0. The van der Waals surface area contributed by atoms with Crippen molar-refractivity contribution in [3.63, 3.8) is 0 Å². The molecule has 0 bridgehead atoms. The highest BCUT2D eigenvalue weighted by Crippen LogP contribution is 2.13. The minimum absolute atomic E-state index is 0.145. The molecule has 4 heteroatoms. The Kier molecular flexibility index (Phi) is 4.89. The van der Waals surface area contributed by atoms with Gasteiger partial charge in [0.1, 0.15) is 5.78 Å². The van der Waals surface area contributed by atoms with Gasteiger partial charge in [0.25, 0.3) is 0 Å². The number of hydrogen-bond acceptors (Lipinski definition) is 4. The molecule has 1 aromatic heterocycles. The van der Waals surface area contributed by atoms with Crippen molar-refractivity contribution in [3.05, 3.63) is 46.6 Å². The van der Waals surface area contributed by atoms with E-state index in [-0.39, 0.29) is 12.2 Å². The van der Waals surface area contributed by atoms with Crippen LogP contribution in [0.1, 0.15) is 48.7 Å². The smallest absolute Gasteiger partial charge is 0.234 e. The number of carbonyl (C=O) groups excluding carboxylic acids is 1. The standard InChI is InChI=1S/C17H22N2O2/c1-11(2)7-15(20)10-17-18-16(19-21-17)9-14-6-5-12(3)13(4)8-14/h5-6,8,11H,7,9-10H2,1-4H3. The van der Waals surface area contributed by atoms with Crippen molar-refractivity contribution in [2.45, 2.75) is 47.0 Å². The molecule has 0 fully saturated rings. The van der Waals surface area contributed by atoms with Crippen LogP contribution in [0.15, 0.2) is 22.7 Å². The first-order valence-corrected chi connectivity index (χ1v) is 7.33. The van der Waals surface area contributed by atoms with Gasteiger partial charge < -0.3 is 4.52 Å². The molecule has 1 heterocycles. The maximum atomic E-state index is 11.7. The van der Waals surface area contributed by atoms with E-state index in [1.807, 2.05) is 13.8 Å². The molecule has 4 nitrogen and oxygen atoms in total. The second-order valence-corrected chi connectivity index (χ2v) is 6.01. The molecular formula is C17H22N2O2. The largest absolute Gasteiger partial charge is 0.339 e. The average Bonchev–Trinajstić information content (AvgIpc) is 2.80. The summed E-state index contributed by atoms with van der Waals surface area (Å²) in [6, 6.07) is 6.30. The van der Waals surface area contributed by atoms with E-state index >= 15 is 0 Å². The van der Waals surface area contributed by atoms with Crippen molar-refractivity contribution < 1.29 is 9.32 Å². The Labute approximate surface area is 125 Å². The molecule has 112 valence electrons. The molecule has 0 aliphatic rings. The van der Waals surface area contributed by atoms with Crippen molar-refractivity contribution in [1.29, 1.82) is 0 Å². The molecule has 21 heavy (non-hydrogen) atoms. The average molecular weight is 286 g/mol. The topological polar surface area (TPSA) is 56.0 Å². The zero-order valence-electron chi connectivity index (χ0n) is 13.1. The third-order valence-corrected chi connectivity index (χ3v) is 3.43. The summed E-state index contributed by atoms with van der Waals surface area (Å²) in [5, 5.41) is 3.96. The first-order chi connectivity index (χ1) is 9.94. The molecule has 0 unspecified atom stereocenters. The summed E-state index contributed by atoms with van der Waals surface area (Å²) in [5.74, 6) is 1.55. The summed E-state index contributed by atoms with van der Waals surface area (Å²) in [7, 11) is 0. The Bertz CT molecular complexity index is 629. The minimum atomic E-state index is 0.145. The molecule has 0 radical (unpaired) electrons. The maximum absolute atomic E-state index is 11.7. The summed E-state index contributed by atoms with van der Waals surface area (Å²) in [4.78, 5) is 16.1. The molecule has 0 N–H and O–H groups in total. The summed E-state index contributed by atoms with van der Waals surface area (Å²) in [6.45, 7) is 8.23. The van der Waals surface area contributed by atoms with Gasteiger partial charge in [-0.2, -0.15) is 4.98 Å². The van der Waals surface area contributed by atoms with Crippen LogP contribution in [0.25, 0.3) is 0 Å². The van der Waals surface area contributed by atoms with E-state index in [0.29, 0.717) is 30.5 Å². The Morgan fingerprint density at radius 3 is 2.67 bits per heavy atom. The van der Waals surface area contributed by atoms with E-state index in [2.05, 4.69) is 42.2 Å². The lowest BCUT2D eigenvalue weighted by Crippen LogP contribution is -2.06. The Morgan fingerprint density at radius 2 is 2.00 bits per heavy atom. The number of aryl methyl sites for hydroxylation is 2. The van der Waals surface area contributed by atoms with Crippen LogP contribution in [-0.4, -0.2) is 15.9 Å². The number of rotatable bonds is 6. The van der Waals surface area contributed by atoms with E-state index in [4.69, 9.17) is 4.52 Å². The molecule has 1 aromatic carbocycles. The van der Waals surface area contributed by atoms with E-state index < -0.39 is 0 Å². The van der Waals surface area contributed by atoms with Gasteiger partial charge in [-0.05, 0) is 36.5 Å². The molecule has 0 aliphatic carbocycles. The third kappa shape index (κ3) is 4.52. The first-order valence-electron chi connectivity index (χ1n) is 7.33. The highest BCUT2D eigenvalue weighted by molar-refractivity contribution is 5.80. The highest BCUT2D eigenvalue weighted by atomic mass is 16.5. The fourth-order valence-corrected chi connectivity index (χ4v) is 2.23. The van der Waals surface area contributed by atoms with Gasteiger partial charge in [-0.1, -0.05) is 37.2 Å². The molecular weight excluding hydrogens is 264 g/mol. The molecule has 2 rings (SSSR count). The van der Waals surface area contributed by atoms with Crippen LogP contribution < -0.4 is 0 Å². The number of Topliss-reactive ketones (excluding diaryl/α,β-unsaturated/α-hetero) is 1. The normalized spacial score (nSPS) is 11.1. The van der Waals surface area contributed by atoms with Gasteiger partial charge >= 0.3 is 0 Å². The summed E-state index contributed by atoms with van der Waals surface area (Å²) < 4.78 is 5.16. The number of ketones is 1. The van der Waals surface area contributed by atoms with Crippen molar-refractivity contribution >= 4 is 5.78 Å². The minimum Gasteiger partial charge on any atom is -0.339 e. The quantitative estimate of drug-likeness (QED) is 0.816. The Balaban J connectivity index is 1.99. The van der Waals surface area contributed by atoms with E-state index in [9.17, 15) is 4.79 Å². The van der Waals surface area contributed by atoms with Crippen molar-refractivity contribution in [3.8, 4) is 0 Å². The first kappa shape index (κ1) is 15.4. The molecule has 0 spiro atoms. The number of benzene rings is 1. The molecule has 0 saturated carbocycles. The second-order valence-electron chi connectivity index (χ2n) is 6.01. The summed E-state index contributed by atoms with van der Waals surface area (Å²) in [6.07, 6.45) is 1.41. The number of nitrogens with zero attached hydrogens (tertiary/aromatic N) is 2. The van der Waals surface area contributed by atoms with Gasteiger partial charge in [0.2, 0.25) is 5.89 Å². The predicted molar refractivity (Wildman–Crippen MR) is 81.2 cm³/mol. The maximum Gasteiger partial charge on any atom is 0.234 e. The molecule has 0 aliphatic heterocycles. The fraction of sp³-hybridized carbons (Fsp3) is 0.471. The van der Waals surface area contributed by atoms with Crippen molar-refractivity contribution in [2.75, 3.05) is 0 Å². The Hall–Kier alpha value is -1.97. The summed E-state index contributed by atoms with van der Waals surface area (Å²) in [5.41, 5.74) is 3.68. The molecule has 0 amide bonds. The van der Waals surface area contributed by atoms with Gasteiger partial charge in [-0.15, -0.1) is 0 Å². The third-order valence-electron chi connectivity index (χ3n) is 3.43. The van der Waals surface area contributed by atoms with E-state index in [1.54, 1.807) is 0 Å². The van der Waals surface area contributed by atoms with E-state index in [0.717, 1.165) is 5.56 Å². The molecule has 0 atom stereocenters. The number of aromatic nitrogens is 2. The summed E-state index contributed by atoms with van der Waals surface area (Å²) >= 11 is 0. The SMILES string of the molecule is Cc1ccc(Cc2noc(CC(=O)CC(C)C)n2)cc1C. The van der Waals surface area contributed by atoms with Crippen LogP contribution in [0.4, 0.5) is 0 Å². The molecule has 2 aromatic rings. The predicted octanol–water partition coefficient (Wildman–Crippen LogP) is 3.43. The zero-order valence-corrected chi connectivity index (χ0v) is 13.1. The van der Waals surface area contributed by atoms with Crippen LogP contribution in [0.5, 0.6) is 0 Å². The van der Waals surface area contributed by atoms with Crippen molar-refractivity contribution in [2.24, 2.45) is 5.92 Å². The van der Waals surface area contributed by atoms with Crippen LogP contribution in [-0.2, 0) is 17.6 Å².